The molecule has 0 spiro atoms. The van der Waals surface area contributed by atoms with E-state index >= 15 is 0 Å². The van der Waals surface area contributed by atoms with Gasteiger partial charge in [0.05, 0.1) is 4.92 Å². The third kappa shape index (κ3) is 4.66. The lowest BCUT2D eigenvalue weighted by Crippen LogP contribution is -2.26. The first-order chi connectivity index (χ1) is 13.0. The topological polar surface area (TPSA) is 118 Å². The molecule has 9 nitrogen and oxygen atoms in total. The van der Waals surface area contributed by atoms with Gasteiger partial charge in [0.15, 0.2) is 12.7 Å². The summed E-state index contributed by atoms with van der Waals surface area (Å²) in [6.07, 6.45) is -0.801. The molecule has 0 unspecified atom stereocenters. The molecule has 0 saturated heterocycles. The molecule has 0 aliphatic carbocycles. The number of carbonyl (C=O) groups excluding carboxylic acids is 1. The van der Waals surface area contributed by atoms with E-state index in [9.17, 15) is 14.9 Å². The van der Waals surface area contributed by atoms with Crippen LogP contribution in [0.4, 0.5) is 5.69 Å². The van der Waals surface area contributed by atoms with Crippen LogP contribution in [0.25, 0.3) is 11.5 Å². The van der Waals surface area contributed by atoms with Crippen molar-refractivity contribution in [3.05, 3.63) is 70.6 Å². The van der Waals surface area contributed by atoms with Gasteiger partial charge in [0, 0.05) is 17.7 Å². The summed E-state index contributed by atoms with van der Waals surface area (Å²) in [6, 6.07) is 14.6. The number of nitro groups is 1. The van der Waals surface area contributed by atoms with Crippen molar-refractivity contribution in [1.29, 1.82) is 0 Å². The van der Waals surface area contributed by atoms with Gasteiger partial charge in [-0.3, -0.25) is 10.1 Å². The van der Waals surface area contributed by atoms with Crippen LogP contribution >= 0.6 is 0 Å². The van der Waals surface area contributed by atoms with Crippen LogP contribution in [0.5, 0.6) is 5.75 Å². The minimum atomic E-state index is -0.801. The van der Waals surface area contributed by atoms with E-state index in [2.05, 4.69) is 10.2 Å². The van der Waals surface area contributed by atoms with Crippen molar-refractivity contribution in [3.8, 4) is 17.2 Å². The molecule has 0 bridgehead atoms. The number of rotatable bonds is 7. The molecule has 3 rings (SSSR count). The van der Waals surface area contributed by atoms with Crippen LogP contribution in [0.15, 0.2) is 59.0 Å². The fraction of sp³-hybridized carbons (Fsp3) is 0.167. The van der Waals surface area contributed by atoms with E-state index in [1.807, 2.05) is 6.07 Å². The largest absolute Gasteiger partial charge is 0.479 e. The average molecular weight is 369 g/mol. The standard InChI is InChI=1S/C18H15N3O6/c1-12(26-15-5-3-2-4-6-15)18(22)25-11-16-19-20-17(27-16)13-7-9-14(10-8-13)21(23)24/h2-10,12H,11H2,1H3/t12-/m0/s1. The molecule has 2 aromatic carbocycles. The lowest BCUT2D eigenvalue weighted by Gasteiger charge is -2.12. The van der Waals surface area contributed by atoms with Gasteiger partial charge < -0.3 is 13.9 Å². The smallest absolute Gasteiger partial charge is 0.347 e. The predicted octanol–water partition coefficient (Wildman–Crippen LogP) is 3.16. The molecule has 1 aromatic heterocycles. The average Bonchev–Trinajstić information content (AvgIpc) is 3.16. The Labute approximate surface area is 153 Å². The summed E-state index contributed by atoms with van der Waals surface area (Å²) in [5, 5.41) is 18.3. The monoisotopic (exact) mass is 369 g/mol. The summed E-state index contributed by atoms with van der Waals surface area (Å²) in [6.45, 7) is 1.37. The second-order valence-corrected chi connectivity index (χ2v) is 5.49. The van der Waals surface area contributed by atoms with Gasteiger partial charge >= 0.3 is 5.97 Å². The molecule has 9 heteroatoms. The van der Waals surface area contributed by atoms with E-state index in [4.69, 9.17) is 13.9 Å². The molecular weight excluding hydrogens is 354 g/mol. The van der Waals surface area contributed by atoms with Crippen molar-refractivity contribution >= 4 is 11.7 Å². The number of nitro benzene ring substituents is 1. The Morgan fingerprint density at radius 2 is 1.85 bits per heavy atom. The molecule has 1 heterocycles. The number of esters is 1. The minimum absolute atomic E-state index is 0.0418. The number of nitrogens with zero attached hydrogens (tertiary/aromatic N) is 3. The maximum absolute atomic E-state index is 12.0. The number of non-ortho nitro benzene ring substituents is 1. The molecule has 0 N–H and O–H groups in total. The van der Waals surface area contributed by atoms with E-state index in [0.717, 1.165) is 0 Å². The third-order valence-corrected chi connectivity index (χ3v) is 3.52. The van der Waals surface area contributed by atoms with E-state index in [1.54, 1.807) is 31.2 Å². The first-order valence-electron chi connectivity index (χ1n) is 7.98. The minimum Gasteiger partial charge on any atom is -0.479 e. The fourth-order valence-corrected chi connectivity index (χ4v) is 2.16. The number of hydrogen-bond donors (Lipinski definition) is 0. The Kier molecular flexibility index (Phi) is 5.41. The van der Waals surface area contributed by atoms with Crippen molar-refractivity contribution in [1.82, 2.24) is 10.2 Å². The second kappa shape index (κ2) is 8.09. The first kappa shape index (κ1) is 18.1. The van der Waals surface area contributed by atoms with Crippen LogP contribution in [0.1, 0.15) is 12.8 Å². The highest BCUT2D eigenvalue weighted by Gasteiger charge is 2.18. The normalized spacial score (nSPS) is 11.6. The quantitative estimate of drug-likeness (QED) is 0.354. The first-order valence-corrected chi connectivity index (χ1v) is 7.98. The summed E-state index contributed by atoms with van der Waals surface area (Å²) >= 11 is 0. The van der Waals surface area contributed by atoms with Crippen LogP contribution in [0.3, 0.4) is 0 Å². The number of carbonyl (C=O) groups is 1. The molecule has 0 aliphatic heterocycles. The number of ether oxygens (including phenoxy) is 2. The molecule has 0 aliphatic rings. The highest BCUT2D eigenvalue weighted by Crippen LogP contribution is 2.21. The molecule has 3 aromatic rings. The van der Waals surface area contributed by atoms with Gasteiger partial charge in [-0.15, -0.1) is 10.2 Å². The van der Waals surface area contributed by atoms with E-state index < -0.39 is 17.0 Å². The molecule has 27 heavy (non-hydrogen) atoms. The summed E-state index contributed by atoms with van der Waals surface area (Å²) in [4.78, 5) is 22.2. The maximum Gasteiger partial charge on any atom is 0.347 e. The number of hydrogen-bond acceptors (Lipinski definition) is 8. The summed E-state index contributed by atoms with van der Waals surface area (Å²) in [5.41, 5.74) is 0.478. The summed E-state index contributed by atoms with van der Waals surface area (Å²) in [7, 11) is 0. The van der Waals surface area contributed by atoms with Crippen molar-refractivity contribution in [3.63, 3.8) is 0 Å². The summed E-state index contributed by atoms with van der Waals surface area (Å²) in [5.74, 6) is 0.252. The molecule has 138 valence electrons. The Hall–Kier alpha value is -3.75. The Bertz CT molecular complexity index is 924. The van der Waals surface area contributed by atoms with Gasteiger partial charge in [0.25, 0.3) is 11.6 Å². The molecule has 0 radical (unpaired) electrons. The Morgan fingerprint density at radius 1 is 1.15 bits per heavy atom. The van der Waals surface area contributed by atoms with Gasteiger partial charge in [0.2, 0.25) is 5.89 Å². The lowest BCUT2D eigenvalue weighted by atomic mass is 10.2. The highest BCUT2D eigenvalue weighted by molar-refractivity contribution is 5.74. The zero-order valence-electron chi connectivity index (χ0n) is 14.3. The van der Waals surface area contributed by atoms with Crippen LogP contribution in [-0.4, -0.2) is 27.2 Å². The third-order valence-electron chi connectivity index (χ3n) is 3.52. The molecule has 0 fully saturated rings. The molecule has 0 amide bonds. The fourth-order valence-electron chi connectivity index (χ4n) is 2.16. The number of aromatic nitrogens is 2. The summed E-state index contributed by atoms with van der Waals surface area (Å²) < 4.78 is 16.0. The van der Waals surface area contributed by atoms with Gasteiger partial charge in [-0.2, -0.15) is 0 Å². The number of para-hydroxylation sites is 1. The Morgan fingerprint density at radius 3 is 2.52 bits per heavy atom. The zero-order chi connectivity index (χ0) is 19.2. The predicted molar refractivity (Wildman–Crippen MR) is 92.7 cm³/mol. The van der Waals surface area contributed by atoms with Gasteiger partial charge in [0.1, 0.15) is 5.75 Å². The van der Waals surface area contributed by atoms with E-state index in [1.165, 1.54) is 24.3 Å². The van der Waals surface area contributed by atoms with Crippen molar-refractivity contribution in [2.45, 2.75) is 19.6 Å². The van der Waals surface area contributed by atoms with Gasteiger partial charge in [-0.25, -0.2) is 4.79 Å². The molecular formula is C18H15N3O6. The van der Waals surface area contributed by atoms with Gasteiger partial charge in [-0.05, 0) is 31.2 Å². The van der Waals surface area contributed by atoms with Crippen LogP contribution in [0, 0.1) is 10.1 Å². The van der Waals surface area contributed by atoms with Crippen LogP contribution in [-0.2, 0) is 16.1 Å². The zero-order valence-corrected chi connectivity index (χ0v) is 14.3. The Balaban J connectivity index is 1.56. The van der Waals surface area contributed by atoms with Crippen LogP contribution < -0.4 is 4.74 Å². The van der Waals surface area contributed by atoms with E-state index in [-0.39, 0.29) is 24.1 Å². The SMILES string of the molecule is C[C@H](Oc1ccccc1)C(=O)OCc1nnc(-c2ccc([N+](=O)[O-])cc2)o1. The maximum atomic E-state index is 12.0. The lowest BCUT2D eigenvalue weighted by molar-refractivity contribution is -0.384. The molecule has 0 saturated carbocycles. The second-order valence-electron chi connectivity index (χ2n) is 5.49. The van der Waals surface area contributed by atoms with Crippen molar-refractivity contribution < 1.29 is 23.6 Å². The van der Waals surface area contributed by atoms with Crippen molar-refractivity contribution in [2.75, 3.05) is 0 Å². The van der Waals surface area contributed by atoms with E-state index in [0.29, 0.717) is 11.3 Å². The van der Waals surface area contributed by atoms with Crippen LogP contribution in [0.2, 0.25) is 0 Å². The molecule has 1 atom stereocenters. The number of benzene rings is 2. The van der Waals surface area contributed by atoms with Gasteiger partial charge in [-0.1, -0.05) is 18.2 Å². The van der Waals surface area contributed by atoms with Crippen molar-refractivity contribution in [2.24, 2.45) is 0 Å². The highest BCUT2D eigenvalue weighted by atomic mass is 16.6.